The quantitative estimate of drug-likeness (QED) is 0.550. The Hall–Kier alpha value is -1.00. The van der Waals surface area contributed by atoms with Gasteiger partial charge in [0, 0.05) is 19.0 Å². The van der Waals surface area contributed by atoms with E-state index < -0.39 is 30.8 Å². The number of fused-ring (bicyclic) bond motifs is 1. The van der Waals surface area contributed by atoms with Crippen LogP contribution < -0.4 is 0 Å². The fraction of sp³-hybridized carbons (Fsp3) is 0.364. The van der Waals surface area contributed by atoms with Crippen LogP contribution in [0.4, 0.5) is 26.3 Å². The fourth-order valence-electron chi connectivity index (χ4n) is 1.67. The molecule has 0 radical (unpaired) electrons. The predicted octanol–water partition coefficient (Wildman–Crippen LogP) is 4.21. The molecule has 0 aliphatic rings. The van der Waals surface area contributed by atoms with Gasteiger partial charge in [-0.3, -0.25) is 4.40 Å². The summed E-state index contributed by atoms with van der Waals surface area (Å²) in [6.45, 7) is 0. The van der Waals surface area contributed by atoms with Gasteiger partial charge in [0.1, 0.15) is 15.3 Å². The van der Waals surface area contributed by atoms with E-state index in [4.69, 9.17) is 0 Å². The van der Waals surface area contributed by atoms with Crippen LogP contribution in [-0.4, -0.2) is 21.5 Å². The zero-order chi connectivity index (χ0) is 15.1. The Morgan fingerprint density at radius 1 is 1.15 bits per heavy atom. The summed E-state index contributed by atoms with van der Waals surface area (Å²) >= 11 is 1.80. The molecule has 9 heteroatoms. The van der Waals surface area contributed by atoms with E-state index in [9.17, 15) is 26.3 Å². The first kappa shape index (κ1) is 15.4. The summed E-state index contributed by atoms with van der Waals surface area (Å²) in [5, 5.41) is 0. The molecule has 0 unspecified atom stereocenters. The maximum Gasteiger partial charge on any atom is 0.453 e. The van der Waals surface area contributed by atoms with E-state index in [1.54, 1.807) is 22.6 Å². The van der Waals surface area contributed by atoms with Crippen molar-refractivity contribution in [1.29, 1.82) is 0 Å². The lowest BCUT2D eigenvalue weighted by Crippen LogP contribution is -2.36. The number of alkyl halides is 5. The maximum atomic E-state index is 13.1. The molecule has 2 rings (SSSR count). The molecule has 2 aromatic heterocycles. The maximum absolute atomic E-state index is 13.1. The van der Waals surface area contributed by atoms with Crippen LogP contribution in [-0.2, 0) is 6.42 Å². The molecule has 0 spiro atoms. The Morgan fingerprint density at radius 2 is 1.80 bits per heavy atom. The molecule has 20 heavy (non-hydrogen) atoms. The first-order valence-electron chi connectivity index (χ1n) is 5.38. The topological polar surface area (TPSA) is 17.3 Å². The van der Waals surface area contributed by atoms with Crippen molar-refractivity contribution in [2.75, 3.05) is 0 Å². The fourth-order valence-corrected chi connectivity index (χ4v) is 2.39. The second kappa shape index (κ2) is 5.08. The van der Waals surface area contributed by atoms with E-state index in [0.717, 1.165) is 12.3 Å². The number of halogens is 7. The number of hydrogen-bond acceptors (Lipinski definition) is 1. The molecule has 0 aliphatic carbocycles. The first-order chi connectivity index (χ1) is 9.12. The van der Waals surface area contributed by atoms with Gasteiger partial charge in [-0.2, -0.15) is 22.0 Å². The SMILES string of the molecule is Fc1ccc2c(I)nc(CCC(F)(F)C(F)(F)F)n2c1. The van der Waals surface area contributed by atoms with Crippen LogP contribution in [0.1, 0.15) is 12.2 Å². The van der Waals surface area contributed by atoms with Crippen molar-refractivity contribution in [3.8, 4) is 0 Å². The minimum atomic E-state index is -5.60. The normalized spacial score (nSPS) is 13.2. The summed E-state index contributed by atoms with van der Waals surface area (Å²) in [7, 11) is 0. The van der Waals surface area contributed by atoms with Crippen LogP contribution in [0.2, 0.25) is 0 Å². The van der Waals surface area contributed by atoms with Gasteiger partial charge in [0.25, 0.3) is 0 Å². The van der Waals surface area contributed by atoms with Crippen LogP contribution in [0.25, 0.3) is 5.52 Å². The van der Waals surface area contributed by atoms with E-state index >= 15 is 0 Å². The van der Waals surface area contributed by atoms with E-state index in [1.165, 1.54) is 10.5 Å². The molecular formula is C11H7F6IN2. The van der Waals surface area contributed by atoms with Crippen molar-refractivity contribution in [2.24, 2.45) is 0 Å². The molecule has 0 N–H and O–H groups in total. The third-order valence-corrected chi connectivity index (χ3v) is 3.50. The highest BCUT2D eigenvalue weighted by molar-refractivity contribution is 14.1. The predicted molar refractivity (Wildman–Crippen MR) is 67.2 cm³/mol. The van der Waals surface area contributed by atoms with E-state index in [-0.39, 0.29) is 5.82 Å². The summed E-state index contributed by atoms with van der Waals surface area (Å²) in [6, 6.07) is 2.54. The molecular weight excluding hydrogens is 401 g/mol. The molecule has 0 aliphatic heterocycles. The molecule has 0 saturated carbocycles. The molecule has 0 bridgehead atoms. The largest absolute Gasteiger partial charge is 0.453 e. The summed E-state index contributed by atoms with van der Waals surface area (Å²) in [6.07, 6.45) is -6.63. The number of hydrogen-bond donors (Lipinski definition) is 0. The molecule has 0 atom stereocenters. The van der Waals surface area contributed by atoms with Gasteiger partial charge in [0.05, 0.1) is 5.52 Å². The number of rotatable bonds is 3. The van der Waals surface area contributed by atoms with E-state index in [0.29, 0.717) is 9.22 Å². The number of nitrogens with zero attached hydrogens (tertiary/aromatic N) is 2. The zero-order valence-electron chi connectivity index (χ0n) is 9.69. The molecule has 0 fully saturated rings. The van der Waals surface area contributed by atoms with Gasteiger partial charge < -0.3 is 0 Å². The number of pyridine rings is 1. The number of imidazole rings is 1. The monoisotopic (exact) mass is 408 g/mol. The van der Waals surface area contributed by atoms with Crippen molar-refractivity contribution in [2.45, 2.75) is 24.9 Å². The van der Waals surface area contributed by atoms with Crippen LogP contribution in [0.3, 0.4) is 0 Å². The summed E-state index contributed by atoms with van der Waals surface area (Å²) in [4.78, 5) is 3.90. The zero-order valence-corrected chi connectivity index (χ0v) is 11.8. The molecule has 2 nitrogen and oxygen atoms in total. The second-order valence-corrected chi connectivity index (χ2v) is 5.15. The average molecular weight is 408 g/mol. The Bertz CT molecular complexity index is 634. The number of aryl methyl sites for hydroxylation is 1. The Labute approximate surface area is 122 Å². The standard InChI is InChI=1S/C11H7F6IN2/c12-6-1-2-7-9(18)19-8(20(7)5-6)3-4-10(13,14)11(15,16)17/h1-2,5H,3-4H2. The molecule has 2 aromatic rings. The van der Waals surface area contributed by atoms with Gasteiger partial charge >= 0.3 is 12.1 Å². The summed E-state index contributed by atoms with van der Waals surface area (Å²) in [5.41, 5.74) is 0.456. The highest BCUT2D eigenvalue weighted by atomic mass is 127. The van der Waals surface area contributed by atoms with Crippen molar-refractivity contribution >= 4 is 28.1 Å². The van der Waals surface area contributed by atoms with Crippen molar-refractivity contribution in [3.63, 3.8) is 0 Å². The van der Waals surface area contributed by atoms with Crippen molar-refractivity contribution in [1.82, 2.24) is 9.38 Å². The minimum absolute atomic E-state index is 0.0344. The molecule has 0 saturated heterocycles. The van der Waals surface area contributed by atoms with Gasteiger partial charge in [-0.05, 0) is 34.7 Å². The lowest BCUT2D eigenvalue weighted by molar-refractivity contribution is -0.284. The third kappa shape index (κ3) is 2.86. The van der Waals surface area contributed by atoms with E-state index in [2.05, 4.69) is 4.98 Å². The van der Waals surface area contributed by atoms with Crippen molar-refractivity contribution < 1.29 is 26.3 Å². The van der Waals surface area contributed by atoms with Gasteiger partial charge in [-0.15, -0.1) is 0 Å². The number of aromatic nitrogens is 2. The van der Waals surface area contributed by atoms with Crippen molar-refractivity contribution in [3.05, 3.63) is 33.7 Å². The summed E-state index contributed by atoms with van der Waals surface area (Å²) in [5.74, 6) is -5.46. The molecule has 0 amide bonds. The highest BCUT2D eigenvalue weighted by Gasteiger charge is 2.56. The minimum Gasteiger partial charge on any atom is -0.300 e. The van der Waals surface area contributed by atoms with Gasteiger partial charge in [0.15, 0.2) is 0 Å². The average Bonchev–Trinajstić information content (AvgIpc) is 2.62. The highest BCUT2D eigenvalue weighted by Crippen LogP contribution is 2.38. The van der Waals surface area contributed by atoms with Crippen LogP contribution in [0.5, 0.6) is 0 Å². The van der Waals surface area contributed by atoms with Crippen LogP contribution >= 0.6 is 22.6 Å². The third-order valence-electron chi connectivity index (χ3n) is 2.71. The molecule has 0 aromatic carbocycles. The van der Waals surface area contributed by atoms with Crippen LogP contribution in [0.15, 0.2) is 18.3 Å². The first-order valence-corrected chi connectivity index (χ1v) is 6.46. The summed E-state index contributed by atoms with van der Waals surface area (Å²) < 4.78 is 76.7. The van der Waals surface area contributed by atoms with Gasteiger partial charge in [-0.25, -0.2) is 9.37 Å². The second-order valence-electron chi connectivity index (χ2n) is 4.12. The Morgan fingerprint density at radius 3 is 2.40 bits per heavy atom. The van der Waals surface area contributed by atoms with Gasteiger partial charge in [0.2, 0.25) is 0 Å². The lowest BCUT2D eigenvalue weighted by Gasteiger charge is -2.18. The molecule has 110 valence electrons. The Kier molecular flexibility index (Phi) is 3.91. The lowest BCUT2D eigenvalue weighted by atomic mass is 10.1. The van der Waals surface area contributed by atoms with E-state index in [1.807, 2.05) is 0 Å². The molecule has 2 heterocycles. The Balaban J connectivity index is 2.29. The van der Waals surface area contributed by atoms with Crippen LogP contribution in [0, 0.1) is 9.52 Å². The van der Waals surface area contributed by atoms with Gasteiger partial charge in [-0.1, -0.05) is 0 Å². The smallest absolute Gasteiger partial charge is 0.300 e.